The molecule has 0 saturated heterocycles. The van der Waals surface area contributed by atoms with Gasteiger partial charge in [-0.2, -0.15) is 0 Å². The first-order chi connectivity index (χ1) is 7.73. The molecule has 0 heterocycles. The van der Waals surface area contributed by atoms with Crippen molar-refractivity contribution in [3.63, 3.8) is 0 Å². The van der Waals surface area contributed by atoms with Crippen LogP contribution in [0.25, 0.3) is 0 Å². The normalized spacial score (nSPS) is 29.8. The molecule has 0 spiro atoms. The van der Waals surface area contributed by atoms with E-state index in [1.165, 1.54) is 0 Å². The SMILES string of the molecule is COCCCOCCC1CCCC1(N)CO. The van der Waals surface area contributed by atoms with Gasteiger partial charge in [-0.1, -0.05) is 6.42 Å². The number of ether oxygens (including phenoxy) is 2. The third-order valence-corrected chi connectivity index (χ3v) is 3.55. The van der Waals surface area contributed by atoms with Gasteiger partial charge < -0.3 is 20.3 Å². The number of nitrogens with two attached hydrogens (primary N) is 1. The average Bonchev–Trinajstić information content (AvgIpc) is 2.66. The highest BCUT2D eigenvalue weighted by Gasteiger charge is 2.38. The van der Waals surface area contributed by atoms with Gasteiger partial charge in [0, 0.05) is 32.5 Å². The molecule has 2 unspecified atom stereocenters. The molecular formula is C12H25NO3. The van der Waals surface area contributed by atoms with Crippen LogP contribution in [0.2, 0.25) is 0 Å². The predicted molar refractivity (Wildman–Crippen MR) is 63.3 cm³/mol. The van der Waals surface area contributed by atoms with Gasteiger partial charge in [0.1, 0.15) is 0 Å². The average molecular weight is 231 g/mol. The highest BCUT2D eigenvalue weighted by Crippen LogP contribution is 2.35. The lowest BCUT2D eigenvalue weighted by atomic mass is 9.87. The van der Waals surface area contributed by atoms with E-state index in [-0.39, 0.29) is 12.1 Å². The summed E-state index contributed by atoms with van der Waals surface area (Å²) in [7, 11) is 1.70. The molecule has 4 nitrogen and oxygen atoms in total. The second-order valence-electron chi connectivity index (χ2n) is 4.73. The van der Waals surface area contributed by atoms with E-state index in [4.69, 9.17) is 15.2 Å². The standard InChI is InChI=1S/C12H25NO3/c1-15-7-3-8-16-9-5-11-4-2-6-12(11,13)10-14/h11,14H,2-10,13H2,1H3. The van der Waals surface area contributed by atoms with Gasteiger partial charge in [-0.3, -0.25) is 0 Å². The zero-order valence-corrected chi connectivity index (χ0v) is 10.3. The second-order valence-corrected chi connectivity index (χ2v) is 4.73. The summed E-state index contributed by atoms with van der Waals surface area (Å²) in [5.74, 6) is 0.417. The van der Waals surface area contributed by atoms with Crippen LogP contribution in [-0.2, 0) is 9.47 Å². The lowest BCUT2D eigenvalue weighted by Gasteiger charge is -2.29. The molecule has 4 heteroatoms. The van der Waals surface area contributed by atoms with Gasteiger partial charge in [0.2, 0.25) is 0 Å². The summed E-state index contributed by atoms with van der Waals surface area (Å²) in [6.45, 7) is 2.34. The predicted octanol–water partition coefficient (Wildman–Crippen LogP) is 0.919. The van der Waals surface area contributed by atoms with Gasteiger partial charge in [0.05, 0.1) is 6.61 Å². The smallest absolute Gasteiger partial charge is 0.0613 e. The van der Waals surface area contributed by atoms with Crippen LogP contribution in [0, 0.1) is 5.92 Å². The van der Waals surface area contributed by atoms with Gasteiger partial charge >= 0.3 is 0 Å². The maximum atomic E-state index is 9.29. The summed E-state index contributed by atoms with van der Waals surface area (Å²) in [5.41, 5.74) is 5.79. The Kier molecular flexibility index (Phi) is 6.28. The van der Waals surface area contributed by atoms with E-state index in [2.05, 4.69) is 0 Å². The molecule has 1 saturated carbocycles. The lowest BCUT2D eigenvalue weighted by molar-refractivity contribution is 0.0790. The van der Waals surface area contributed by atoms with Gasteiger partial charge in [-0.15, -0.1) is 0 Å². The molecule has 0 aliphatic heterocycles. The first kappa shape index (κ1) is 13.9. The molecule has 0 aromatic carbocycles. The molecular weight excluding hydrogens is 206 g/mol. The van der Waals surface area contributed by atoms with Crippen LogP contribution in [0.4, 0.5) is 0 Å². The molecule has 0 aromatic heterocycles. The monoisotopic (exact) mass is 231 g/mol. The Labute approximate surface area is 98.1 Å². The Morgan fingerprint density at radius 3 is 2.88 bits per heavy atom. The highest BCUT2D eigenvalue weighted by atomic mass is 16.5. The minimum Gasteiger partial charge on any atom is -0.394 e. The summed E-state index contributed by atoms with van der Waals surface area (Å²) >= 11 is 0. The van der Waals surface area contributed by atoms with Crippen molar-refractivity contribution in [1.82, 2.24) is 0 Å². The number of hydrogen-bond donors (Lipinski definition) is 2. The van der Waals surface area contributed by atoms with Crippen molar-refractivity contribution in [1.29, 1.82) is 0 Å². The van der Waals surface area contributed by atoms with E-state index in [0.717, 1.165) is 51.9 Å². The van der Waals surface area contributed by atoms with Crippen LogP contribution in [0.3, 0.4) is 0 Å². The number of aliphatic hydroxyl groups excluding tert-OH is 1. The van der Waals surface area contributed by atoms with E-state index in [1.54, 1.807) is 7.11 Å². The summed E-state index contributed by atoms with van der Waals surface area (Å²) in [4.78, 5) is 0. The minimum atomic E-state index is -0.351. The van der Waals surface area contributed by atoms with E-state index >= 15 is 0 Å². The maximum absolute atomic E-state index is 9.29. The number of hydrogen-bond acceptors (Lipinski definition) is 4. The molecule has 1 rings (SSSR count). The van der Waals surface area contributed by atoms with Crippen LogP contribution < -0.4 is 5.73 Å². The van der Waals surface area contributed by atoms with Crippen molar-refractivity contribution in [3.8, 4) is 0 Å². The van der Waals surface area contributed by atoms with Crippen LogP contribution in [0.15, 0.2) is 0 Å². The number of rotatable bonds is 8. The lowest BCUT2D eigenvalue weighted by Crippen LogP contribution is -2.47. The third kappa shape index (κ3) is 4.01. The Hall–Kier alpha value is -0.160. The zero-order chi connectivity index (χ0) is 11.9. The molecule has 0 radical (unpaired) electrons. The number of aliphatic hydroxyl groups is 1. The molecule has 0 aromatic rings. The summed E-state index contributed by atoms with van der Waals surface area (Å²) in [6.07, 6.45) is 5.10. The molecule has 1 aliphatic rings. The summed E-state index contributed by atoms with van der Waals surface area (Å²) in [5, 5.41) is 9.29. The zero-order valence-electron chi connectivity index (χ0n) is 10.3. The Balaban J connectivity index is 2.08. The Morgan fingerprint density at radius 2 is 2.19 bits per heavy atom. The first-order valence-corrected chi connectivity index (χ1v) is 6.19. The van der Waals surface area contributed by atoms with Gasteiger partial charge in [-0.25, -0.2) is 0 Å². The van der Waals surface area contributed by atoms with Crippen LogP contribution in [0.1, 0.15) is 32.1 Å². The van der Waals surface area contributed by atoms with Crippen molar-refractivity contribution in [2.24, 2.45) is 11.7 Å². The van der Waals surface area contributed by atoms with E-state index in [0.29, 0.717) is 5.92 Å². The fourth-order valence-electron chi connectivity index (χ4n) is 2.44. The first-order valence-electron chi connectivity index (χ1n) is 6.19. The molecule has 2 atom stereocenters. The molecule has 1 aliphatic carbocycles. The third-order valence-electron chi connectivity index (χ3n) is 3.55. The van der Waals surface area contributed by atoms with Crippen LogP contribution in [-0.4, -0.2) is 44.2 Å². The quantitative estimate of drug-likeness (QED) is 0.610. The van der Waals surface area contributed by atoms with Crippen LogP contribution >= 0.6 is 0 Å². The molecule has 96 valence electrons. The molecule has 16 heavy (non-hydrogen) atoms. The summed E-state index contributed by atoms with van der Waals surface area (Å²) in [6, 6.07) is 0. The van der Waals surface area contributed by atoms with Gasteiger partial charge in [0.25, 0.3) is 0 Å². The van der Waals surface area contributed by atoms with Crippen molar-refractivity contribution in [2.75, 3.05) is 33.5 Å². The van der Waals surface area contributed by atoms with Crippen molar-refractivity contribution < 1.29 is 14.6 Å². The van der Waals surface area contributed by atoms with E-state index < -0.39 is 0 Å². The maximum Gasteiger partial charge on any atom is 0.0613 e. The summed E-state index contributed by atoms with van der Waals surface area (Å²) < 4.78 is 10.5. The van der Waals surface area contributed by atoms with Crippen molar-refractivity contribution >= 4 is 0 Å². The molecule has 0 amide bonds. The molecule has 1 fully saturated rings. The van der Waals surface area contributed by atoms with Crippen LogP contribution in [0.5, 0.6) is 0 Å². The van der Waals surface area contributed by atoms with E-state index in [9.17, 15) is 5.11 Å². The minimum absolute atomic E-state index is 0.0986. The topological polar surface area (TPSA) is 64.7 Å². The van der Waals surface area contributed by atoms with E-state index in [1.807, 2.05) is 0 Å². The fraction of sp³-hybridized carbons (Fsp3) is 1.00. The molecule has 3 N–H and O–H groups in total. The number of methoxy groups -OCH3 is 1. The van der Waals surface area contributed by atoms with Crippen molar-refractivity contribution in [2.45, 2.75) is 37.6 Å². The second kappa shape index (κ2) is 7.22. The Morgan fingerprint density at radius 1 is 1.38 bits per heavy atom. The highest BCUT2D eigenvalue weighted by molar-refractivity contribution is 4.95. The molecule has 0 bridgehead atoms. The fourth-order valence-corrected chi connectivity index (χ4v) is 2.44. The van der Waals surface area contributed by atoms with Crippen molar-refractivity contribution in [3.05, 3.63) is 0 Å². The van der Waals surface area contributed by atoms with Gasteiger partial charge in [-0.05, 0) is 31.6 Å². The van der Waals surface area contributed by atoms with Gasteiger partial charge in [0.15, 0.2) is 0 Å². The Bertz CT molecular complexity index is 189. The largest absolute Gasteiger partial charge is 0.394 e.